The smallest absolute Gasteiger partial charge is 0.251 e. The van der Waals surface area contributed by atoms with Crippen molar-refractivity contribution in [2.45, 2.75) is 13.8 Å². The van der Waals surface area contributed by atoms with Gasteiger partial charge in [0.25, 0.3) is 11.8 Å². The number of carbonyl (C=O) groups excluding carboxylic acids is 2. The van der Waals surface area contributed by atoms with Crippen molar-refractivity contribution in [3.63, 3.8) is 0 Å². The second-order valence-corrected chi connectivity index (χ2v) is 4.14. The standard InChI is InChI=1S/C16H20N2O2/c1-3-5-11-17-15(19)13-7-9-14(10-8-13)16(20)18-12-6-4-2/h3-10H,11-12H2,1-2H3,(H,17,19)(H,18,20). The Kier molecular flexibility index (Phi) is 6.82. The van der Waals surface area contributed by atoms with E-state index in [0.717, 1.165) is 0 Å². The Morgan fingerprint density at radius 2 is 1.20 bits per heavy atom. The van der Waals surface area contributed by atoms with Gasteiger partial charge in [0, 0.05) is 24.2 Å². The average Bonchev–Trinajstić information content (AvgIpc) is 2.47. The van der Waals surface area contributed by atoms with Gasteiger partial charge in [-0.2, -0.15) is 0 Å². The topological polar surface area (TPSA) is 58.2 Å². The van der Waals surface area contributed by atoms with Crippen LogP contribution in [0.2, 0.25) is 0 Å². The first kappa shape index (κ1) is 15.7. The van der Waals surface area contributed by atoms with Crippen LogP contribution in [0.15, 0.2) is 48.6 Å². The minimum atomic E-state index is -0.149. The molecule has 2 amide bonds. The number of amides is 2. The predicted molar refractivity (Wildman–Crippen MR) is 80.7 cm³/mol. The van der Waals surface area contributed by atoms with Gasteiger partial charge in [0.1, 0.15) is 0 Å². The van der Waals surface area contributed by atoms with Crippen molar-refractivity contribution in [1.29, 1.82) is 0 Å². The molecule has 0 aliphatic rings. The van der Waals surface area contributed by atoms with Crippen LogP contribution in [0.25, 0.3) is 0 Å². The molecule has 0 bridgehead atoms. The predicted octanol–water partition coefficient (Wildman–Crippen LogP) is 2.30. The molecule has 0 spiro atoms. The maximum atomic E-state index is 11.8. The third-order valence-corrected chi connectivity index (χ3v) is 2.64. The zero-order valence-corrected chi connectivity index (χ0v) is 11.8. The molecule has 0 aliphatic heterocycles. The molecule has 1 aromatic rings. The minimum absolute atomic E-state index is 0.149. The van der Waals surface area contributed by atoms with Gasteiger partial charge < -0.3 is 10.6 Å². The van der Waals surface area contributed by atoms with Crippen LogP contribution in [-0.4, -0.2) is 24.9 Å². The summed E-state index contributed by atoms with van der Waals surface area (Å²) < 4.78 is 0. The van der Waals surface area contributed by atoms with Gasteiger partial charge in [-0.1, -0.05) is 24.3 Å². The number of hydrogen-bond acceptors (Lipinski definition) is 2. The third kappa shape index (κ3) is 5.10. The van der Waals surface area contributed by atoms with Gasteiger partial charge in [0.2, 0.25) is 0 Å². The molecule has 106 valence electrons. The van der Waals surface area contributed by atoms with Crippen molar-refractivity contribution in [2.75, 3.05) is 13.1 Å². The Morgan fingerprint density at radius 1 is 0.850 bits per heavy atom. The van der Waals surface area contributed by atoms with Crippen LogP contribution in [0.4, 0.5) is 0 Å². The highest BCUT2D eigenvalue weighted by Crippen LogP contribution is 2.04. The molecule has 0 aliphatic carbocycles. The van der Waals surface area contributed by atoms with Crippen molar-refractivity contribution in [1.82, 2.24) is 10.6 Å². The van der Waals surface area contributed by atoms with Crippen LogP contribution in [0.5, 0.6) is 0 Å². The molecule has 0 saturated heterocycles. The van der Waals surface area contributed by atoms with Crippen LogP contribution in [0.3, 0.4) is 0 Å². The summed E-state index contributed by atoms with van der Waals surface area (Å²) in [6.07, 6.45) is 7.47. The Balaban J connectivity index is 2.59. The largest absolute Gasteiger partial charge is 0.349 e. The molecule has 0 atom stereocenters. The van der Waals surface area contributed by atoms with E-state index in [9.17, 15) is 9.59 Å². The highest BCUT2D eigenvalue weighted by Gasteiger charge is 2.07. The Labute approximate surface area is 119 Å². The summed E-state index contributed by atoms with van der Waals surface area (Å²) in [5.41, 5.74) is 1.08. The molecule has 4 heteroatoms. The highest BCUT2D eigenvalue weighted by molar-refractivity contribution is 5.97. The summed E-state index contributed by atoms with van der Waals surface area (Å²) in [6, 6.07) is 6.59. The molecule has 1 aromatic carbocycles. The summed E-state index contributed by atoms with van der Waals surface area (Å²) in [5.74, 6) is -0.298. The molecule has 0 fully saturated rings. The average molecular weight is 272 g/mol. The fourth-order valence-electron chi connectivity index (χ4n) is 1.52. The van der Waals surface area contributed by atoms with Crippen LogP contribution in [0, 0.1) is 0 Å². The lowest BCUT2D eigenvalue weighted by molar-refractivity contribution is 0.0946. The van der Waals surface area contributed by atoms with Crippen molar-refractivity contribution in [3.05, 3.63) is 59.7 Å². The number of hydrogen-bond donors (Lipinski definition) is 2. The van der Waals surface area contributed by atoms with E-state index in [1.54, 1.807) is 24.3 Å². The van der Waals surface area contributed by atoms with Crippen molar-refractivity contribution in [2.24, 2.45) is 0 Å². The normalized spacial score (nSPS) is 10.9. The SMILES string of the molecule is CC=CCNC(=O)c1ccc(C(=O)NCC=CC)cc1. The maximum Gasteiger partial charge on any atom is 0.251 e. The van der Waals surface area contributed by atoms with Gasteiger partial charge in [-0.05, 0) is 38.1 Å². The molecule has 1 rings (SSSR count). The van der Waals surface area contributed by atoms with E-state index in [1.165, 1.54) is 0 Å². The summed E-state index contributed by atoms with van der Waals surface area (Å²) in [7, 11) is 0. The molecule has 4 nitrogen and oxygen atoms in total. The van der Waals surface area contributed by atoms with E-state index in [4.69, 9.17) is 0 Å². The van der Waals surface area contributed by atoms with E-state index >= 15 is 0 Å². The molecular weight excluding hydrogens is 252 g/mol. The van der Waals surface area contributed by atoms with Crippen LogP contribution in [0.1, 0.15) is 34.6 Å². The first-order valence-corrected chi connectivity index (χ1v) is 6.57. The van der Waals surface area contributed by atoms with Crippen LogP contribution < -0.4 is 10.6 Å². The molecule has 0 radical (unpaired) electrons. The maximum absolute atomic E-state index is 11.8. The van der Waals surface area contributed by atoms with Gasteiger partial charge in [-0.15, -0.1) is 0 Å². The van der Waals surface area contributed by atoms with E-state index in [-0.39, 0.29) is 11.8 Å². The number of allylic oxidation sites excluding steroid dienone is 2. The van der Waals surface area contributed by atoms with Gasteiger partial charge in [-0.3, -0.25) is 9.59 Å². The van der Waals surface area contributed by atoms with E-state index in [1.807, 2.05) is 38.2 Å². The summed E-state index contributed by atoms with van der Waals surface area (Å²) in [4.78, 5) is 23.5. The lowest BCUT2D eigenvalue weighted by Gasteiger charge is -2.05. The highest BCUT2D eigenvalue weighted by atomic mass is 16.2. The summed E-state index contributed by atoms with van der Waals surface area (Å²) in [6.45, 7) is 4.79. The summed E-state index contributed by atoms with van der Waals surface area (Å²) in [5, 5.41) is 5.51. The molecule has 20 heavy (non-hydrogen) atoms. The number of benzene rings is 1. The zero-order valence-electron chi connectivity index (χ0n) is 11.8. The zero-order chi connectivity index (χ0) is 14.8. The first-order valence-electron chi connectivity index (χ1n) is 6.57. The van der Waals surface area contributed by atoms with E-state index in [0.29, 0.717) is 24.2 Å². The number of nitrogens with one attached hydrogen (secondary N) is 2. The molecular formula is C16H20N2O2. The van der Waals surface area contributed by atoms with Crippen LogP contribution >= 0.6 is 0 Å². The molecule has 0 aromatic heterocycles. The van der Waals surface area contributed by atoms with Gasteiger partial charge >= 0.3 is 0 Å². The molecule has 0 saturated carbocycles. The molecule has 2 N–H and O–H groups in total. The lowest BCUT2D eigenvalue weighted by atomic mass is 10.1. The number of rotatable bonds is 6. The lowest BCUT2D eigenvalue weighted by Crippen LogP contribution is -2.25. The first-order chi connectivity index (χ1) is 9.69. The fourth-order valence-corrected chi connectivity index (χ4v) is 1.52. The minimum Gasteiger partial charge on any atom is -0.349 e. The van der Waals surface area contributed by atoms with Crippen molar-refractivity contribution < 1.29 is 9.59 Å². The van der Waals surface area contributed by atoms with Gasteiger partial charge in [0.15, 0.2) is 0 Å². The van der Waals surface area contributed by atoms with E-state index < -0.39 is 0 Å². The quantitative estimate of drug-likeness (QED) is 0.781. The molecule has 0 unspecified atom stereocenters. The number of carbonyl (C=O) groups is 2. The Morgan fingerprint density at radius 3 is 1.50 bits per heavy atom. The fraction of sp³-hybridized carbons (Fsp3) is 0.250. The Bertz CT molecular complexity index is 455. The van der Waals surface area contributed by atoms with E-state index in [2.05, 4.69) is 10.6 Å². The van der Waals surface area contributed by atoms with Gasteiger partial charge in [-0.25, -0.2) is 0 Å². The second-order valence-electron chi connectivity index (χ2n) is 4.14. The van der Waals surface area contributed by atoms with Crippen molar-refractivity contribution in [3.8, 4) is 0 Å². The molecule has 0 heterocycles. The monoisotopic (exact) mass is 272 g/mol. The third-order valence-electron chi connectivity index (χ3n) is 2.64. The Hall–Kier alpha value is -2.36. The van der Waals surface area contributed by atoms with Gasteiger partial charge in [0.05, 0.1) is 0 Å². The van der Waals surface area contributed by atoms with Crippen LogP contribution in [-0.2, 0) is 0 Å². The second kappa shape index (κ2) is 8.69. The van der Waals surface area contributed by atoms with Crippen molar-refractivity contribution >= 4 is 11.8 Å². The summed E-state index contributed by atoms with van der Waals surface area (Å²) >= 11 is 0.